The van der Waals surface area contributed by atoms with E-state index < -0.39 is 11.6 Å². The molecule has 1 aliphatic heterocycles. The van der Waals surface area contributed by atoms with Gasteiger partial charge in [-0.25, -0.2) is 8.78 Å². The molecule has 0 bridgehead atoms. The van der Waals surface area contributed by atoms with E-state index in [1.807, 2.05) is 0 Å². The number of carbonyl (C=O) groups is 2. The van der Waals surface area contributed by atoms with Crippen LogP contribution in [0.5, 0.6) is 0 Å². The lowest BCUT2D eigenvalue weighted by molar-refractivity contribution is 0.0535. The molecule has 4 nitrogen and oxygen atoms in total. The lowest BCUT2D eigenvalue weighted by Crippen LogP contribution is -2.50. The van der Waals surface area contributed by atoms with Crippen molar-refractivity contribution in [2.45, 2.75) is 0 Å². The van der Waals surface area contributed by atoms with Crippen LogP contribution in [-0.4, -0.2) is 47.8 Å². The molecule has 1 fully saturated rings. The maximum Gasteiger partial charge on any atom is 0.254 e. The number of benzene rings is 2. The maximum absolute atomic E-state index is 13.2. The molecule has 2 aromatic rings. The second-order valence-electron chi connectivity index (χ2n) is 5.61. The third kappa shape index (κ3) is 3.42. The molecule has 1 saturated heterocycles. The Hall–Kier alpha value is -2.76. The smallest absolute Gasteiger partial charge is 0.254 e. The van der Waals surface area contributed by atoms with Crippen molar-refractivity contribution < 1.29 is 18.4 Å². The predicted octanol–water partition coefficient (Wildman–Crippen LogP) is 2.56. The number of halogens is 2. The van der Waals surface area contributed by atoms with Crippen molar-refractivity contribution in [2.75, 3.05) is 26.2 Å². The second kappa shape index (κ2) is 6.78. The minimum Gasteiger partial charge on any atom is -0.335 e. The van der Waals surface area contributed by atoms with Gasteiger partial charge < -0.3 is 9.80 Å². The third-order valence-electron chi connectivity index (χ3n) is 4.00. The first-order valence-corrected chi connectivity index (χ1v) is 7.64. The van der Waals surface area contributed by atoms with Gasteiger partial charge in [0.05, 0.1) is 0 Å². The standard InChI is InChI=1S/C18H16F2N2O2/c19-15-5-1-3-13(11-15)17(23)21-7-9-22(10-8-21)18(24)14-4-2-6-16(20)12-14/h1-6,11-12H,7-10H2. The second-order valence-corrected chi connectivity index (χ2v) is 5.61. The Bertz CT molecular complexity index is 706. The number of nitrogens with zero attached hydrogens (tertiary/aromatic N) is 2. The highest BCUT2D eigenvalue weighted by Gasteiger charge is 2.25. The lowest BCUT2D eigenvalue weighted by Gasteiger charge is -2.34. The number of rotatable bonds is 2. The Morgan fingerprint density at radius 2 is 1.08 bits per heavy atom. The molecular weight excluding hydrogens is 314 g/mol. The first-order chi connectivity index (χ1) is 11.5. The molecule has 0 aromatic heterocycles. The summed E-state index contributed by atoms with van der Waals surface area (Å²) in [5, 5.41) is 0. The summed E-state index contributed by atoms with van der Waals surface area (Å²) in [4.78, 5) is 27.9. The molecule has 24 heavy (non-hydrogen) atoms. The normalized spacial score (nSPS) is 14.6. The number of amides is 2. The summed E-state index contributed by atoms with van der Waals surface area (Å²) in [6, 6.07) is 11.1. The van der Waals surface area contributed by atoms with Gasteiger partial charge in [0.2, 0.25) is 0 Å². The zero-order valence-corrected chi connectivity index (χ0v) is 12.9. The molecule has 0 aliphatic carbocycles. The minimum absolute atomic E-state index is 0.257. The van der Waals surface area contributed by atoms with Gasteiger partial charge in [-0.15, -0.1) is 0 Å². The first-order valence-electron chi connectivity index (χ1n) is 7.64. The van der Waals surface area contributed by atoms with Gasteiger partial charge in [-0.3, -0.25) is 9.59 Å². The molecule has 1 heterocycles. The average molecular weight is 330 g/mol. The SMILES string of the molecule is O=C(c1cccc(F)c1)N1CCN(C(=O)c2cccc(F)c2)CC1. The van der Waals surface area contributed by atoms with Gasteiger partial charge in [-0.05, 0) is 36.4 Å². The van der Waals surface area contributed by atoms with Gasteiger partial charge in [0.1, 0.15) is 11.6 Å². The Kier molecular flexibility index (Phi) is 4.55. The first kappa shape index (κ1) is 16.1. The summed E-state index contributed by atoms with van der Waals surface area (Å²) in [7, 11) is 0. The van der Waals surface area contributed by atoms with Crippen LogP contribution >= 0.6 is 0 Å². The zero-order chi connectivity index (χ0) is 17.1. The third-order valence-corrected chi connectivity index (χ3v) is 4.00. The highest BCUT2D eigenvalue weighted by molar-refractivity contribution is 5.96. The molecule has 6 heteroatoms. The summed E-state index contributed by atoms with van der Waals surface area (Å²) in [5.41, 5.74) is 0.583. The average Bonchev–Trinajstić information content (AvgIpc) is 2.60. The van der Waals surface area contributed by atoms with Gasteiger partial charge in [-0.1, -0.05) is 12.1 Å². The van der Waals surface area contributed by atoms with Gasteiger partial charge in [0.25, 0.3) is 11.8 Å². The number of piperazine rings is 1. The van der Waals surface area contributed by atoms with Crippen LogP contribution in [0.2, 0.25) is 0 Å². The predicted molar refractivity (Wildman–Crippen MR) is 84.6 cm³/mol. The Labute approximate surface area is 138 Å². The van der Waals surface area contributed by atoms with Crippen LogP contribution in [0, 0.1) is 11.6 Å². The van der Waals surface area contributed by atoms with E-state index in [2.05, 4.69) is 0 Å². The molecule has 3 rings (SSSR count). The van der Waals surface area contributed by atoms with E-state index in [9.17, 15) is 18.4 Å². The van der Waals surface area contributed by atoms with Crippen LogP contribution in [0.4, 0.5) is 8.78 Å². The fourth-order valence-corrected chi connectivity index (χ4v) is 2.72. The number of hydrogen-bond donors (Lipinski definition) is 0. The molecule has 0 saturated carbocycles. The Balaban J connectivity index is 1.63. The fraction of sp³-hybridized carbons (Fsp3) is 0.222. The van der Waals surface area contributed by atoms with Crippen molar-refractivity contribution in [2.24, 2.45) is 0 Å². The molecule has 0 unspecified atom stereocenters. The van der Waals surface area contributed by atoms with E-state index in [0.717, 1.165) is 0 Å². The summed E-state index contributed by atoms with van der Waals surface area (Å²) in [6.07, 6.45) is 0. The van der Waals surface area contributed by atoms with Crippen molar-refractivity contribution in [1.29, 1.82) is 0 Å². The zero-order valence-electron chi connectivity index (χ0n) is 12.9. The van der Waals surface area contributed by atoms with Crippen molar-refractivity contribution in [3.63, 3.8) is 0 Å². The molecule has 0 spiro atoms. The fourth-order valence-electron chi connectivity index (χ4n) is 2.72. The van der Waals surface area contributed by atoms with Crippen LogP contribution < -0.4 is 0 Å². The van der Waals surface area contributed by atoms with Crippen LogP contribution in [0.15, 0.2) is 48.5 Å². The van der Waals surface area contributed by atoms with Crippen molar-refractivity contribution in [1.82, 2.24) is 9.80 Å². The van der Waals surface area contributed by atoms with Crippen LogP contribution in [0.3, 0.4) is 0 Å². The van der Waals surface area contributed by atoms with Crippen molar-refractivity contribution in [3.05, 3.63) is 71.3 Å². The molecule has 0 radical (unpaired) electrons. The van der Waals surface area contributed by atoms with Crippen molar-refractivity contribution in [3.8, 4) is 0 Å². The van der Waals surface area contributed by atoms with E-state index >= 15 is 0 Å². The van der Waals surface area contributed by atoms with Gasteiger partial charge >= 0.3 is 0 Å². The highest BCUT2D eigenvalue weighted by atomic mass is 19.1. The van der Waals surface area contributed by atoms with Crippen molar-refractivity contribution >= 4 is 11.8 Å². The molecule has 2 amide bonds. The number of hydrogen-bond acceptors (Lipinski definition) is 2. The van der Waals surface area contributed by atoms with E-state index in [4.69, 9.17) is 0 Å². The molecule has 124 valence electrons. The van der Waals surface area contributed by atoms with Gasteiger partial charge in [0, 0.05) is 37.3 Å². The van der Waals surface area contributed by atoms with E-state index in [0.29, 0.717) is 37.3 Å². The summed E-state index contributed by atoms with van der Waals surface area (Å²) in [5.74, 6) is -1.43. The summed E-state index contributed by atoms with van der Waals surface area (Å²) in [6.45, 7) is 1.43. The lowest BCUT2D eigenvalue weighted by atomic mass is 10.1. The monoisotopic (exact) mass is 330 g/mol. The topological polar surface area (TPSA) is 40.6 Å². The van der Waals surface area contributed by atoms with Crippen LogP contribution in [-0.2, 0) is 0 Å². The van der Waals surface area contributed by atoms with Crippen LogP contribution in [0.25, 0.3) is 0 Å². The highest BCUT2D eigenvalue weighted by Crippen LogP contribution is 2.13. The molecule has 0 atom stereocenters. The Morgan fingerprint density at radius 3 is 1.42 bits per heavy atom. The molecule has 0 N–H and O–H groups in total. The minimum atomic E-state index is -0.458. The molecule has 2 aromatic carbocycles. The summed E-state index contributed by atoms with van der Waals surface area (Å²) >= 11 is 0. The quantitative estimate of drug-likeness (QED) is 0.849. The molecule has 1 aliphatic rings. The van der Waals surface area contributed by atoms with E-state index in [1.54, 1.807) is 21.9 Å². The number of carbonyl (C=O) groups excluding carboxylic acids is 2. The van der Waals surface area contributed by atoms with Crippen LogP contribution in [0.1, 0.15) is 20.7 Å². The largest absolute Gasteiger partial charge is 0.335 e. The van der Waals surface area contributed by atoms with Gasteiger partial charge in [0.15, 0.2) is 0 Å². The van der Waals surface area contributed by atoms with Gasteiger partial charge in [-0.2, -0.15) is 0 Å². The summed E-state index contributed by atoms with van der Waals surface area (Å²) < 4.78 is 26.5. The van der Waals surface area contributed by atoms with E-state index in [1.165, 1.54) is 36.4 Å². The Morgan fingerprint density at radius 1 is 0.708 bits per heavy atom. The molecular formula is C18H16F2N2O2. The van der Waals surface area contributed by atoms with E-state index in [-0.39, 0.29) is 11.8 Å². The maximum atomic E-state index is 13.2.